The Bertz CT molecular complexity index is 715. The Morgan fingerprint density at radius 1 is 1.33 bits per heavy atom. The summed E-state index contributed by atoms with van der Waals surface area (Å²) in [5.74, 6) is 2.12. The van der Waals surface area contributed by atoms with Crippen molar-refractivity contribution in [1.82, 2.24) is 4.90 Å². The average molecular weight is 423 g/mol. The minimum atomic E-state index is -5.42. The lowest BCUT2D eigenvalue weighted by Gasteiger charge is -2.31. The van der Waals surface area contributed by atoms with Crippen LogP contribution in [0, 0.1) is 0 Å². The zero-order valence-electron chi connectivity index (χ0n) is 16.2. The summed E-state index contributed by atoms with van der Waals surface area (Å²) < 4.78 is 41.3. The van der Waals surface area contributed by atoms with Crippen molar-refractivity contribution in [3.05, 3.63) is 29.8 Å². The number of nitrogens with zero attached hydrogens (tertiary/aromatic N) is 2. The highest BCUT2D eigenvalue weighted by molar-refractivity contribution is 7.99. The van der Waals surface area contributed by atoms with Gasteiger partial charge in [0.1, 0.15) is 5.75 Å². The smallest absolute Gasteiger partial charge is 0.280 e. The maximum absolute atomic E-state index is 12.3. The summed E-state index contributed by atoms with van der Waals surface area (Å²) in [6, 6.07) is 8.32. The Labute approximate surface area is 165 Å². The summed E-state index contributed by atoms with van der Waals surface area (Å²) in [7, 11) is 4.30. The first-order valence-corrected chi connectivity index (χ1v) is 10.6. The largest absolute Gasteiger partial charge is 0.722 e. The zero-order valence-corrected chi connectivity index (χ0v) is 17.8. The minimum absolute atomic E-state index is 0.0865. The Kier molecular flexibility index (Phi) is 8.52. The number of quaternary nitrogens is 1. The minimum Gasteiger partial charge on any atom is -0.722 e. The van der Waals surface area contributed by atoms with Gasteiger partial charge in [0.15, 0.2) is 6.04 Å². The van der Waals surface area contributed by atoms with Crippen LogP contribution in [0.15, 0.2) is 24.3 Å². The number of ether oxygens (including phenoxy) is 1. The van der Waals surface area contributed by atoms with E-state index in [1.807, 2.05) is 38.0 Å². The summed E-state index contributed by atoms with van der Waals surface area (Å²) in [4.78, 5) is 14.1. The van der Waals surface area contributed by atoms with E-state index in [2.05, 4.69) is 26.2 Å². The lowest BCUT2D eigenvalue weighted by atomic mass is 10.2. The number of methoxy groups -OCH3 is 1. The Hall–Kier alpha value is -1.36. The van der Waals surface area contributed by atoms with Gasteiger partial charge in [-0.3, -0.25) is 4.79 Å². The molecule has 1 fully saturated rings. The van der Waals surface area contributed by atoms with Gasteiger partial charge in [0.25, 0.3) is 16.4 Å². The van der Waals surface area contributed by atoms with Gasteiger partial charge in [0, 0.05) is 26.3 Å². The van der Waals surface area contributed by atoms with E-state index in [9.17, 15) is 8.68 Å². The topological polar surface area (TPSA) is 86.7 Å². The molecule has 0 saturated carbocycles. The first-order valence-electron chi connectivity index (χ1n) is 8.27. The molecule has 7 nitrogen and oxygen atoms in total. The third-order valence-corrected chi connectivity index (χ3v) is 5.69. The quantitative estimate of drug-likeness (QED) is 0.407. The van der Waals surface area contributed by atoms with Crippen molar-refractivity contribution < 1.29 is 30.9 Å². The SMILES string of the molecule is COc1ccc(CS[C@H]2C[C@H](C(=O)N(C)C)[N+](C)(C)C2)cc1.O=S(=O)([O-])F. The summed E-state index contributed by atoms with van der Waals surface area (Å²) in [5.41, 5.74) is 1.30. The van der Waals surface area contributed by atoms with Crippen molar-refractivity contribution in [3.63, 3.8) is 0 Å². The molecule has 0 spiro atoms. The first kappa shape index (κ1) is 23.7. The van der Waals surface area contributed by atoms with Crippen LogP contribution in [0.5, 0.6) is 5.75 Å². The molecule has 0 unspecified atom stereocenters. The standard InChI is InChI=1S/C17H27N2O2S.FHO3S/c1-18(2)17(20)16-10-15(11-19(16,3)4)22-12-13-6-8-14(21-5)9-7-13;1-5(2,3)4/h6-9,15-16H,10-12H2,1-5H3;(H,2,3,4)/q+1;/p-1/t15-,16+;/m0./s1. The third kappa shape index (κ3) is 8.46. The van der Waals surface area contributed by atoms with Crippen LogP contribution < -0.4 is 4.74 Å². The van der Waals surface area contributed by atoms with Crippen LogP contribution in [-0.2, 0) is 21.1 Å². The number of likely N-dealkylation sites (N-methyl/N-ethyl adjacent to an activating group) is 2. The summed E-state index contributed by atoms with van der Waals surface area (Å²) >= 11 is 1.96. The van der Waals surface area contributed by atoms with Gasteiger partial charge < -0.3 is 18.7 Å². The van der Waals surface area contributed by atoms with Crippen LogP contribution in [-0.4, -0.2) is 81.4 Å². The lowest BCUT2D eigenvalue weighted by Crippen LogP contribution is -2.51. The van der Waals surface area contributed by atoms with Gasteiger partial charge in [-0.25, -0.2) is 8.42 Å². The molecule has 1 amide bonds. The predicted molar refractivity (Wildman–Crippen MR) is 103 cm³/mol. The van der Waals surface area contributed by atoms with Crippen molar-refractivity contribution in [3.8, 4) is 5.75 Å². The summed E-state index contributed by atoms with van der Waals surface area (Å²) in [6.07, 6.45) is 0.963. The average Bonchev–Trinajstić information content (AvgIpc) is 2.85. The van der Waals surface area contributed by atoms with Crippen LogP contribution in [0.3, 0.4) is 0 Å². The molecule has 0 radical (unpaired) electrons. The molecule has 0 aliphatic carbocycles. The Morgan fingerprint density at radius 3 is 2.30 bits per heavy atom. The van der Waals surface area contributed by atoms with E-state index < -0.39 is 10.5 Å². The number of thioether (sulfide) groups is 1. The fourth-order valence-corrected chi connectivity index (χ4v) is 4.44. The molecule has 1 aliphatic heterocycles. The van der Waals surface area contributed by atoms with Gasteiger partial charge in [-0.05, 0) is 17.7 Å². The Morgan fingerprint density at radius 2 is 1.85 bits per heavy atom. The molecule has 1 aromatic rings. The molecule has 0 bridgehead atoms. The second-order valence-corrected chi connectivity index (χ2v) is 9.19. The number of benzene rings is 1. The van der Waals surface area contributed by atoms with E-state index in [-0.39, 0.29) is 11.9 Å². The fourth-order valence-electron chi connectivity index (χ4n) is 3.02. The number of carbonyl (C=O) groups excluding carboxylic acids is 1. The molecule has 1 heterocycles. The van der Waals surface area contributed by atoms with Gasteiger partial charge in [-0.15, -0.1) is 15.6 Å². The summed E-state index contributed by atoms with van der Waals surface area (Å²) in [5, 5.41) is 0.533. The molecule has 1 aliphatic rings. The number of rotatable bonds is 5. The maximum atomic E-state index is 12.3. The summed E-state index contributed by atoms with van der Waals surface area (Å²) in [6.45, 7) is 1.05. The van der Waals surface area contributed by atoms with E-state index in [0.29, 0.717) is 5.25 Å². The normalized spacial score (nSPS) is 21.1. The number of halogens is 1. The van der Waals surface area contributed by atoms with Crippen LogP contribution in [0.25, 0.3) is 0 Å². The predicted octanol–water partition coefficient (Wildman–Crippen LogP) is 1.65. The molecule has 27 heavy (non-hydrogen) atoms. The van der Waals surface area contributed by atoms with Crippen LogP contribution in [0.4, 0.5) is 3.89 Å². The molecular weight excluding hydrogens is 395 g/mol. The molecular formula is C17H27FN2O5S2. The van der Waals surface area contributed by atoms with E-state index in [0.717, 1.165) is 29.0 Å². The molecule has 2 atom stereocenters. The van der Waals surface area contributed by atoms with Crippen molar-refractivity contribution in [1.29, 1.82) is 0 Å². The van der Waals surface area contributed by atoms with Gasteiger partial charge in [0.2, 0.25) is 0 Å². The second-order valence-electron chi connectivity index (χ2n) is 7.12. The molecule has 2 rings (SSSR count). The van der Waals surface area contributed by atoms with Crippen LogP contribution >= 0.6 is 11.8 Å². The molecule has 10 heteroatoms. The van der Waals surface area contributed by atoms with Gasteiger partial charge in [-0.1, -0.05) is 12.1 Å². The number of hydrogen-bond donors (Lipinski definition) is 0. The fraction of sp³-hybridized carbons (Fsp3) is 0.588. The van der Waals surface area contributed by atoms with Crippen molar-refractivity contribution >= 4 is 28.2 Å². The Balaban J connectivity index is 0.000000646. The molecule has 0 aromatic heterocycles. The number of likely N-dealkylation sites (tertiary alicyclic amines) is 1. The number of hydrogen-bond acceptors (Lipinski definition) is 6. The second kappa shape index (κ2) is 9.72. The van der Waals surface area contributed by atoms with E-state index in [1.54, 1.807) is 12.0 Å². The highest BCUT2D eigenvalue weighted by Gasteiger charge is 2.45. The third-order valence-electron chi connectivity index (χ3n) is 4.37. The van der Waals surface area contributed by atoms with Gasteiger partial charge >= 0.3 is 0 Å². The highest BCUT2D eigenvalue weighted by atomic mass is 32.3. The number of carbonyl (C=O) groups is 1. The van der Waals surface area contributed by atoms with Crippen molar-refractivity contribution in [2.75, 3.05) is 41.8 Å². The van der Waals surface area contributed by atoms with Crippen LogP contribution in [0.1, 0.15) is 12.0 Å². The van der Waals surface area contributed by atoms with E-state index >= 15 is 0 Å². The molecule has 154 valence electrons. The lowest BCUT2D eigenvalue weighted by molar-refractivity contribution is -0.893. The van der Waals surface area contributed by atoms with Gasteiger partial charge in [-0.2, -0.15) is 0 Å². The molecule has 1 aromatic carbocycles. The van der Waals surface area contributed by atoms with Gasteiger partial charge in [0.05, 0.1) is 33.0 Å². The molecule has 1 saturated heterocycles. The van der Waals surface area contributed by atoms with E-state index in [4.69, 9.17) is 17.7 Å². The van der Waals surface area contributed by atoms with Crippen LogP contribution in [0.2, 0.25) is 0 Å². The zero-order chi connectivity index (χ0) is 20.8. The van der Waals surface area contributed by atoms with Crippen molar-refractivity contribution in [2.45, 2.75) is 23.5 Å². The highest BCUT2D eigenvalue weighted by Crippen LogP contribution is 2.33. The van der Waals surface area contributed by atoms with Crippen molar-refractivity contribution in [2.24, 2.45) is 0 Å². The maximum Gasteiger partial charge on any atom is 0.280 e. The molecule has 0 N–H and O–H groups in total. The number of amides is 1. The van der Waals surface area contributed by atoms with E-state index in [1.165, 1.54) is 5.56 Å². The first-order chi connectivity index (χ1) is 12.3. The monoisotopic (exact) mass is 422 g/mol.